The molecule has 2 aromatic carbocycles. The largest absolute Gasteiger partial charge is 0.325 e. The summed E-state index contributed by atoms with van der Waals surface area (Å²) in [7, 11) is 0. The summed E-state index contributed by atoms with van der Waals surface area (Å²) in [6.07, 6.45) is 0. The molecule has 3 rings (SSSR count). The van der Waals surface area contributed by atoms with Crippen molar-refractivity contribution in [3.63, 3.8) is 0 Å². The molecule has 0 aromatic heterocycles. The fourth-order valence-electron chi connectivity index (χ4n) is 3.22. The average Bonchev–Trinajstić information content (AvgIpc) is 2.69. The molecule has 0 bridgehead atoms. The predicted octanol–water partition coefficient (Wildman–Crippen LogP) is 2.55. The van der Waals surface area contributed by atoms with Gasteiger partial charge in [0.05, 0.1) is 12.6 Å². The summed E-state index contributed by atoms with van der Waals surface area (Å²) >= 11 is 0. The summed E-state index contributed by atoms with van der Waals surface area (Å²) in [6.45, 7) is 4.61. The Labute approximate surface area is 168 Å². The topological polar surface area (TPSA) is 64.7 Å². The molecular weight excluding hydrogens is 378 g/mol. The van der Waals surface area contributed by atoms with Crippen LogP contribution in [0.3, 0.4) is 0 Å². The molecule has 0 spiro atoms. The molecular formula is C21H24F2N4O2. The molecule has 1 saturated heterocycles. The molecule has 0 unspecified atom stereocenters. The molecule has 1 aliphatic heterocycles. The quantitative estimate of drug-likeness (QED) is 0.780. The van der Waals surface area contributed by atoms with Crippen LogP contribution in [-0.2, 0) is 9.59 Å². The van der Waals surface area contributed by atoms with Crippen LogP contribution in [0.2, 0.25) is 0 Å². The Morgan fingerprint density at radius 3 is 2.28 bits per heavy atom. The van der Waals surface area contributed by atoms with Gasteiger partial charge in [-0.2, -0.15) is 0 Å². The first-order chi connectivity index (χ1) is 13.9. The van der Waals surface area contributed by atoms with Gasteiger partial charge in [0.1, 0.15) is 11.6 Å². The van der Waals surface area contributed by atoms with E-state index in [2.05, 4.69) is 10.6 Å². The molecule has 2 amide bonds. The van der Waals surface area contributed by atoms with Gasteiger partial charge in [-0.15, -0.1) is 0 Å². The summed E-state index contributed by atoms with van der Waals surface area (Å²) in [4.78, 5) is 28.6. The molecule has 1 aliphatic rings. The summed E-state index contributed by atoms with van der Waals surface area (Å²) < 4.78 is 26.2. The zero-order valence-corrected chi connectivity index (χ0v) is 16.2. The van der Waals surface area contributed by atoms with Gasteiger partial charge in [0.2, 0.25) is 11.8 Å². The van der Waals surface area contributed by atoms with E-state index in [1.165, 1.54) is 36.4 Å². The maximum Gasteiger partial charge on any atom is 0.241 e. The van der Waals surface area contributed by atoms with Crippen molar-refractivity contribution in [3.8, 4) is 0 Å². The lowest BCUT2D eigenvalue weighted by atomic mass is 10.2. The van der Waals surface area contributed by atoms with E-state index in [9.17, 15) is 18.4 Å². The highest BCUT2D eigenvalue weighted by atomic mass is 19.1. The molecule has 0 saturated carbocycles. The number of rotatable bonds is 6. The molecule has 1 atom stereocenters. The number of carbonyl (C=O) groups excluding carboxylic acids is 2. The van der Waals surface area contributed by atoms with Crippen LogP contribution < -0.4 is 10.6 Å². The normalized spacial score (nSPS) is 16.2. The van der Waals surface area contributed by atoms with Crippen LogP contribution in [0.5, 0.6) is 0 Å². The predicted molar refractivity (Wildman–Crippen MR) is 108 cm³/mol. The first-order valence-electron chi connectivity index (χ1n) is 9.49. The molecule has 2 aromatic rings. The molecule has 154 valence electrons. The third-order valence-electron chi connectivity index (χ3n) is 4.92. The summed E-state index contributed by atoms with van der Waals surface area (Å²) in [5.41, 5.74) is 0.982. The Balaban J connectivity index is 1.43. The molecule has 8 heteroatoms. The van der Waals surface area contributed by atoms with E-state index < -0.39 is 5.82 Å². The van der Waals surface area contributed by atoms with E-state index in [0.717, 1.165) is 0 Å². The van der Waals surface area contributed by atoms with Crippen LogP contribution in [0.25, 0.3) is 0 Å². The van der Waals surface area contributed by atoms with Crippen molar-refractivity contribution in [1.29, 1.82) is 0 Å². The number of hydrogen-bond donors (Lipinski definition) is 2. The number of nitrogens with zero attached hydrogens (tertiary/aromatic N) is 2. The lowest BCUT2D eigenvalue weighted by Gasteiger charge is -2.37. The molecule has 0 radical (unpaired) electrons. The van der Waals surface area contributed by atoms with Gasteiger partial charge in [-0.25, -0.2) is 8.78 Å². The van der Waals surface area contributed by atoms with Crippen molar-refractivity contribution >= 4 is 23.2 Å². The minimum atomic E-state index is -0.399. The molecule has 6 nitrogen and oxygen atoms in total. The molecule has 2 N–H and O–H groups in total. The van der Waals surface area contributed by atoms with Crippen LogP contribution in [-0.4, -0.2) is 60.4 Å². The molecule has 0 aliphatic carbocycles. The van der Waals surface area contributed by atoms with Gasteiger partial charge in [-0.1, -0.05) is 6.07 Å². The minimum absolute atomic E-state index is 0.158. The molecule has 29 heavy (non-hydrogen) atoms. The van der Waals surface area contributed by atoms with Gasteiger partial charge >= 0.3 is 0 Å². The van der Waals surface area contributed by atoms with Gasteiger partial charge in [0, 0.05) is 37.6 Å². The number of halogens is 2. The van der Waals surface area contributed by atoms with Gasteiger partial charge in [0.25, 0.3) is 0 Å². The van der Waals surface area contributed by atoms with Crippen molar-refractivity contribution in [2.75, 3.05) is 43.4 Å². The van der Waals surface area contributed by atoms with E-state index in [0.29, 0.717) is 37.6 Å². The smallest absolute Gasteiger partial charge is 0.241 e. The third kappa shape index (κ3) is 6.07. The van der Waals surface area contributed by atoms with Crippen LogP contribution in [0.4, 0.5) is 20.2 Å². The standard InChI is InChI=1S/C21H24F2N4O2/c1-15(21(29)25-18-7-5-16(22)6-8-18)27-11-9-26(10-12-27)14-20(28)24-19-4-2-3-17(23)13-19/h2-8,13,15H,9-12,14H2,1H3,(H,24,28)(H,25,29)/t15-/m0/s1. The minimum Gasteiger partial charge on any atom is -0.325 e. The first-order valence-corrected chi connectivity index (χ1v) is 9.49. The van der Waals surface area contributed by atoms with Crippen molar-refractivity contribution in [2.45, 2.75) is 13.0 Å². The highest BCUT2D eigenvalue weighted by Gasteiger charge is 2.26. The SMILES string of the molecule is C[C@@H](C(=O)Nc1ccc(F)cc1)N1CCN(CC(=O)Nc2cccc(F)c2)CC1. The van der Waals surface area contributed by atoms with Gasteiger partial charge in [0.15, 0.2) is 0 Å². The Morgan fingerprint density at radius 1 is 0.931 bits per heavy atom. The number of carbonyl (C=O) groups is 2. The van der Waals surface area contributed by atoms with E-state index in [4.69, 9.17) is 0 Å². The Hall–Kier alpha value is -2.84. The zero-order chi connectivity index (χ0) is 20.8. The summed E-state index contributed by atoms with van der Waals surface area (Å²) in [5.74, 6) is -1.11. The maximum atomic E-state index is 13.2. The van der Waals surface area contributed by atoms with E-state index in [1.54, 1.807) is 12.1 Å². The van der Waals surface area contributed by atoms with Gasteiger partial charge in [-0.05, 0) is 49.4 Å². The van der Waals surface area contributed by atoms with Gasteiger partial charge in [-0.3, -0.25) is 19.4 Å². The summed E-state index contributed by atoms with van der Waals surface area (Å²) in [6, 6.07) is 11.1. The van der Waals surface area contributed by atoms with Crippen molar-refractivity contribution in [2.24, 2.45) is 0 Å². The lowest BCUT2D eigenvalue weighted by molar-refractivity contribution is -0.122. The van der Waals surface area contributed by atoms with Crippen LogP contribution in [0.1, 0.15) is 6.92 Å². The first kappa shape index (κ1) is 20.9. The van der Waals surface area contributed by atoms with E-state index >= 15 is 0 Å². The molecule has 1 heterocycles. The van der Waals surface area contributed by atoms with Crippen molar-refractivity contribution in [3.05, 3.63) is 60.2 Å². The highest BCUT2D eigenvalue weighted by molar-refractivity contribution is 5.94. The number of benzene rings is 2. The van der Waals surface area contributed by atoms with Crippen molar-refractivity contribution < 1.29 is 18.4 Å². The molecule has 1 fully saturated rings. The van der Waals surface area contributed by atoms with E-state index in [1.807, 2.05) is 16.7 Å². The number of anilines is 2. The number of amides is 2. The number of piperazine rings is 1. The fraction of sp³-hybridized carbons (Fsp3) is 0.333. The van der Waals surface area contributed by atoms with Gasteiger partial charge < -0.3 is 10.6 Å². The van der Waals surface area contributed by atoms with Crippen molar-refractivity contribution in [1.82, 2.24) is 9.80 Å². The second kappa shape index (κ2) is 9.58. The monoisotopic (exact) mass is 402 g/mol. The maximum absolute atomic E-state index is 13.2. The second-order valence-electron chi connectivity index (χ2n) is 7.04. The van der Waals surface area contributed by atoms with Crippen LogP contribution in [0, 0.1) is 11.6 Å². The number of hydrogen-bond acceptors (Lipinski definition) is 4. The lowest BCUT2D eigenvalue weighted by Crippen LogP contribution is -2.53. The van der Waals surface area contributed by atoms with E-state index in [-0.39, 0.29) is 30.2 Å². The van der Waals surface area contributed by atoms with Crippen LogP contribution in [0.15, 0.2) is 48.5 Å². The second-order valence-corrected chi connectivity index (χ2v) is 7.04. The Morgan fingerprint density at radius 2 is 1.62 bits per heavy atom. The average molecular weight is 402 g/mol. The summed E-state index contributed by atoms with van der Waals surface area (Å²) in [5, 5.41) is 5.47. The van der Waals surface area contributed by atoms with Crippen LogP contribution >= 0.6 is 0 Å². The highest BCUT2D eigenvalue weighted by Crippen LogP contribution is 2.13. The Bertz CT molecular complexity index is 852. The Kier molecular flexibility index (Phi) is 6.90. The zero-order valence-electron chi connectivity index (χ0n) is 16.2. The fourth-order valence-corrected chi connectivity index (χ4v) is 3.22. The number of nitrogens with one attached hydrogen (secondary N) is 2. The third-order valence-corrected chi connectivity index (χ3v) is 4.92.